The van der Waals surface area contributed by atoms with Crippen molar-refractivity contribution < 1.29 is 17.4 Å². The standard InChI is InChI=1S/Cr.5H2N/h;5*1H2/q+3;5*-1. The summed E-state index contributed by atoms with van der Waals surface area (Å²) in [4.78, 5) is 0. The minimum absolute atomic E-state index is 0. The molecule has 0 unspecified atom stereocenters. The molecule has 0 aliphatic rings. The molecule has 1 radical (unpaired) electrons. The molecule has 0 aliphatic heterocycles. The summed E-state index contributed by atoms with van der Waals surface area (Å²) >= 11 is 0. The van der Waals surface area contributed by atoms with Gasteiger partial charge in [0, 0.05) is 0 Å². The Bertz CT molecular complexity index is 3.90. The van der Waals surface area contributed by atoms with E-state index in [1.807, 2.05) is 0 Å². The van der Waals surface area contributed by atoms with Gasteiger partial charge < -0.3 is 30.8 Å². The predicted octanol–water partition coefficient (Wildman–Crippen LogP) is 3.58. The van der Waals surface area contributed by atoms with Crippen LogP contribution >= 0.6 is 0 Å². The Morgan fingerprint density at radius 3 is 0.333 bits per heavy atom. The number of hydrogen-bond donors (Lipinski definition) is 0. The molecule has 0 bridgehead atoms. The zero-order chi connectivity index (χ0) is 0. The van der Waals surface area contributed by atoms with Gasteiger partial charge in [0.1, 0.15) is 0 Å². The maximum atomic E-state index is 0. The van der Waals surface area contributed by atoms with Gasteiger partial charge in [-0.2, -0.15) is 0 Å². The van der Waals surface area contributed by atoms with Crippen molar-refractivity contribution in [3.05, 3.63) is 30.8 Å². The molecule has 0 aromatic carbocycles. The molecule has 0 spiro atoms. The average Bonchev–Trinajstić information content (AvgIpc) is 0. The van der Waals surface area contributed by atoms with Crippen molar-refractivity contribution >= 4 is 0 Å². The molecule has 0 amide bonds. The van der Waals surface area contributed by atoms with Gasteiger partial charge >= 0.3 is 17.4 Å². The first-order valence-corrected chi connectivity index (χ1v) is 0. The number of nitrogens with two attached hydrogens (primary N) is 5. The van der Waals surface area contributed by atoms with Crippen LogP contribution in [0, 0.1) is 0 Å². The van der Waals surface area contributed by atoms with Crippen LogP contribution in [0.2, 0.25) is 0 Å². The van der Waals surface area contributed by atoms with Crippen molar-refractivity contribution in [1.82, 2.24) is 0 Å². The second-order valence-corrected chi connectivity index (χ2v) is 0. The van der Waals surface area contributed by atoms with E-state index in [4.69, 9.17) is 0 Å². The topological polar surface area (TPSA) is 168 Å². The van der Waals surface area contributed by atoms with Crippen LogP contribution in [-0.4, -0.2) is 0 Å². The second kappa shape index (κ2) is 906. The van der Waals surface area contributed by atoms with E-state index in [-0.39, 0.29) is 48.1 Å². The van der Waals surface area contributed by atoms with Gasteiger partial charge in [-0.15, -0.1) is 0 Å². The molecular formula is H10CrN5-2. The molecule has 0 aromatic rings. The average molecular weight is 132 g/mol. The molecule has 0 heterocycles. The SMILES string of the molecule is [Cr+3].[NH2-].[NH2-].[NH2-].[NH2-].[NH2-]. The van der Waals surface area contributed by atoms with E-state index in [9.17, 15) is 0 Å². The van der Waals surface area contributed by atoms with Gasteiger partial charge in [-0.25, -0.2) is 0 Å². The normalized spacial score (nSPS) is 0. The molecule has 43 valence electrons. The number of rotatable bonds is 0. The Balaban J connectivity index is 0. The van der Waals surface area contributed by atoms with Crippen LogP contribution in [0.15, 0.2) is 0 Å². The zero-order valence-corrected chi connectivity index (χ0v) is 4.57. The molecule has 0 aromatic heterocycles. The van der Waals surface area contributed by atoms with Crippen LogP contribution in [0.1, 0.15) is 0 Å². The molecule has 10 N–H and O–H groups in total. The van der Waals surface area contributed by atoms with Gasteiger partial charge in [0.05, 0.1) is 0 Å². The summed E-state index contributed by atoms with van der Waals surface area (Å²) in [6, 6.07) is 0. The summed E-state index contributed by atoms with van der Waals surface area (Å²) in [6.45, 7) is 0. The van der Waals surface area contributed by atoms with E-state index in [1.54, 1.807) is 0 Å². The number of hydrogen-bond acceptors (Lipinski definition) is 0. The maximum absolute atomic E-state index is 0. The first kappa shape index (κ1) is 1630. The first-order valence-electron chi connectivity index (χ1n) is 0. The van der Waals surface area contributed by atoms with Crippen LogP contribution in [0.25, 0.3) is 30.8 Å². The Labute approximate surface area is 48.9 Å². The summed E-state index contributed by atoms with van der Waals surface area (Å²) < 4.78 is 0. The Hall–Kier alpha value is 0.332. The van der Waals surface area contributed by atoms with E-state index >= 15 is 0 Å². The first-order chi connectivity index (χ1) is 0. The van der Waals surface area contributed by atoms with Crippen molar-refractivity contribution in [3.63, 3.8) is 0 Å². The molecule has 0 saturated carbocycles. The second-order valence-electron chi connectivity index (χ2n) is 0. The van der Waals surface area contributed by atoms with E-state index < -0.39 is 0 Å². The van der Waals surface area contributed by atoms with Crippen LogP contribution in [-0.2, 0) is 17.4 Å². The van der Waals surface area contributed by atoms with Gasteiger partial charge in [-0.1, -0.05) is 0 Å². The minimum atomic E-state index is 0. The third kappa shape index (κ3) is 435. The third-order valence-electron chi connectivity index (χ3n) is 0. The molecule has 6 heavy (non-hydrogen) atoms. The van der Waals surface area contributed by atoms with E-state index in [0.29, 0.717) is 0 Å². The van der Waals surface area contributed by atoms with Gasteiger partial charge in [0.15, 0.2) is 0 Å². The summed E-state index contributed by atoms with van der Waals surface area (Å²) in [7, 11) is 0. The fraction of sp³-hybridized carbons (Fsp3) is 0. The quantitative estimate of drug-likeness (QED) is 0.469. The molecule has 0 saturated heterocycles. The third-order valence-corrected chi connectivity index (χ3v) is 0. The Morgan fingerprint density at radius 2 is 0.333 bits per heavy atom. The molecule has 0 aliphatic carbocycles. The molecule has 0 rings (SSSR count). The fourth-order valence-electron chi connectivity index (χ4n) is 0. The van der Waals surface area contributed by atoms with Gasteiger partial charge in [-0.05, 0) is 0 Å². The van der Waals surface area contributed by atoms with Crippen molar-refractivity contribution in [3.8, 4) is 0 Å². The van der Waals surface area contributed by atoms with Gasteiger partial charge in [-0.3, -0.25) is 0 Å². The van der Waals surface area contributed by atoms with Crippen molar-refractivity contribution in [1.29, 1.82) is 0 Å². The van der Waals surface area contributed by atoms with Crippen LogP contribution in [0.5, 0.6) is 0 Å². The van der Waals surface area contributed by atoms with E-state index in [1.165, 1.54) is 0 Å². The smallest absolute Gasteiger partial charge is 0.693 e. The van der Waals surface area contributed by atoms with Gasteiger partial charge in [0.2, 0.25) is 0 Å². The summed E-state index contributed by atoms with van der Waals surface area (Å²) in [5.74, 6) is 0. The summed E-state index contributed by atoms with van der Waals surface area (Å²) in [5.41, 5.74) is 0. The molecule has 6 heteroatoms. The molecule has 0 atom stereocenters. The monoisotopic (exact) mass is 132 g/mol. The van der Waals surface area contributed by atoms with E-state index in [0.717, 1.165) is 0 Å². The van der Waals surface area contributed by atoms with Crippen LogP contribution in [0.4, 0.5) is 0 Å². The molecule has 5 nitrogen and oxygen atoms in total. The van der Waals surface area contributed by atoms with Crippen molar-refractivity contribution in [2.45, 2.75) is 0 Å². The predicted molar refractivity (Wildman–Crippen MR) is 26.4 cm³/mol. The molecular weight excluding hydrogens is 122 g/mol. The zero-order valence-electron chi connectivity index (χ0n) is 3.29. The molecule has 0 fully saturated rings. The Kier molecular flexibility index (Phi) is 246000. The van der Waals surface area contributed by atoms with Crippen LogP contribution < -0.4 is 0 Å². The largest absolute Gasteiger partial charge is 3.00 e. The Morgan fingerprint density at radius 1 is 0.333 bits per heavy atom. The fourth-order valence-corrected chi connectivity index (χ4v) is 0. The van der Waals surface area contributed by atoms with Crippen LogP contribution in [0.3, 0.4) is 0 Å². The maximum Gasteiger partial charge on any atom is 3.00 e. The van der Waals surface area contributed by atoms with Crippen molar-refractivity contribution in [2.75, 3.05) is 0 Å². The minimum Gasteiger partial charge on any atom is -0.693 e. The van der Waals surface area contributed by atoms with Crippen molar-refractivity contribution in [2.24, 2.45) is 0 Å². The van der Waals surface area contributed by atoms with E-state index in [2.05, 4.69) is 0 Å². The summed E-state index contributed by atoms with van der Waals surface area (Å²) in [6.07, 6.45) is 0. The summed E-state index contributed by atoms with van der Waals surface area (Å²) in [5, 5.41) is 0. The van der Waals surface area contributed by atoms with Gasteiger partial charge in [0.25, 0.3) is 0 Å².